The van der Waals surface area contributed by atoms with Crippen LogP contribution in [-0.4, -0.2) is 96.7 Å². The van der Waals surface area contributed by atoms with E-state index in [0.717, 1.165) is 114 Å². The van der Waals surface area contributed by atoms with Gasteiger partial charge in [-0.25, -0.2) is 9.13 Å². The van der Waals surface area contributed by atoms with Crippen molar-refractivity contribution in [1.29, 1.82) is 0 Å². The second-order valence-corrected chi connectivity index (χ2v) is 29.0. The fourth-order valence-corrected chi connectivity index (χ4v) is 11.8. The molecule has 19 heteroatoms. The van der Waals surface area contributed by atoms with Gasteiger partial charge in [-0.05, 0) is 49.4 Å². The molecule has 0 spiro atoms. The summed E-state index contributed by atoms with van der Waals surface area (Å²) in [7, 11) is -9.90. The highest BCUT2D eigenvalue weighted by Crippen LogP contribution is 2.45. The Morgan fingerprint density at radius 1 is 0.318 bits per heavy atom. The van der Waals surface area contributed by atoms with Crippen molar-refractivity contribution in [3.05, 3.63) is 0 Å². The second kappa shape index (κ2) is 58.8. The largest absolute Gasteiger partial charge is 0.472 e. The van der Waals surface area contributed by atoms with E-state index in [2.05, 4.69) is 55.4 Å². The zero-order valence-electron chi connectivity index (χ0n) is 57.3. The van der Waals surface area contributed by atoms with Gasteiger partial charge in [0.25, 0.3) is 0 Å². The molecule has 0 aliphatic carbocycles. The van der Waals surface area contributed by atoms with Gasteiger partial charge in [0.2, 0.25) is 0 Å². The van der Waals surface area contributed by atoms with Crippen LogP contribution >= 0.6 is 15.6 Å². The highest BCUT2D eigenvalue weighted by atomic mass is 31.2. The SMILES string of the molecule is CCC(C)CCCCCCCCCCCCCCCCC(=O)OC[C@H](COP(=O)(O)OCC(O)COP(=O)(O)OC[C@@H](COC(=O)CCCCCCCCCC(C)C)OC(=O)CCCCCCCCC(C)CC)OC(=O)CCCCCCCCC(C)CC. The van der Waals surface area contributed by atoms with Gasteiger partial charge in [-0.2, -0.15) is 0 Å². The Labute approximate surface area is 537 Å². The molecule has 0 aliphatic heterocycles. The highest BCUT2D eigenvalue weighted by Gasteiger charge is 2.30. The Hall–Kier alpha value is -1.94. The molecule has 0 fully saturated rings. The van der Waals surface area contributed by atoms with Gasteiger partial charge >= 0.3 is 39.5 Å². The van der Waals surface area contributed by atoms with Crippen LogP contribution in [0.5, 0.6) is 0 Å². The molecule has 0 aromatic heterocycles. The maximum atomic E-state index is 13.0. The summed E-state index contributed by atoms with van der Waals surface area (Å²) in [4.78, 5) is 72.4. The van der Waals surface area contributed by atoms with Gasteiger partial charge in [0, 0.05) is 25.7 Å². The number of hydrogen-bond donors (Lipinski definition) is 3. The van der Waals surface area contributed by atoms with Crippen molar-refractivity contribution >= 4 is 39.5 Å². The lowest BCUT2D eigenvalue weighted by Crippen LogP contribution is -2.30. The first kappa shape index (κ1) is 86.1. The lowest BCUT2D eigenvalue weighted by atomic mass is 9.99. The average Bonchev–Trinajstić information content (AvgIpc) is 3.71. The van der Waals surface area contributed by atoms with Crippen molar-refractivity contribution in [2.45, 2.75) is 356 Å². The summed E-state index contributed by atoms with van der Waals surface area (Å²) >= 11 is 0. The molecule has 0 amide bonds. The summed E-state index contributed by atoms with van der Waals surface area (Å²) in [5, 5.41) is 10.6. The topological polar surface area (TPSA) is 237 Å². The quantitative estimate of drug-likeness (QED) is 0.0222. The molecule has 17 nitrogen and oxygen atoms in total. The second-order valence-electron chi connectivity index (χ2n) is 26.1. The van der Waals surface area contributed by atoms with Crippen molar-refractivity contribution < 1.29 is 80.2 Å². The van der Waals surface area contributed by atoms with Gasteiger partial charge in [0.1, 0.15) is 19.3 Å². The summed E-state index contributed by atoms with van der Waals surface area (Å²) in [6.45, 7) is 14.0. The minimum atomic E-state index is -4.95. The molecule has 0 aromatic carbocycles. The number of aliphatic hydroxyl groups excluding tert-OH is 1. The van der Waals surface area contributed by atoms with Crippen LogP contribution in [0.4, 0.5) is 0 Å². The fraction of sp³-hybridized carbons (Fsp3) is 0.942. The lowest BCUT2D eigenvalue weighted by Gasteiger charge is -2.21. The minimum absolute atomic E-state index is 0.102. The monoisotopic (exact) mass is 1300 g/mol. The van der Waals surface area contributed by atoms with Gasteiger partial charge in [-0.15, -0.1) is 0 Å². The van der Waals surface area contributed by atoms with Gasteiger partial charge in [-0.3, -0.25) is 37.3 Å². The third kappa shape index (κ3) is 59.1. The van der Waals surface area contributed by atoms with E-state index in [1.165, 1.54) is 135 Å². The summed E-state index contributed by atoms with van der Waals surface area (Å²) in [5.41, 5.74) is 0. The molecular weight excluding hydrogens is 1160 g/mol. The van der Waals surface area contributed by atoms with Crippen molar-refractivity contribution in [3.8, 4) is 0 Å². The molecule has 522 valence electrons. The third-order valence-corrected chi connectivity index (χ3v) is 18.8. The standard InChI is InChI=1S/C69H134O17P2/c1-9-60(6)46-38-30-22-18-16-14-12-13-15-17-19-23-33-41-49-66(71)79-55-64(85-68(73)51-43-35-27-25-31-39-47-61(7)10-2)57-83-87(75,76)81-53-63(70)54-82-88(77,78)84-58-65(86-69(74)52-44-36-28-26-32-40-48-62(8)11-3)56-80-67(72)50-42-34-24-20-21-29-37-45-59(4)5/h59-65,70H,9-58H2,1-8H3,(H,75,76)(H,77,78)/t60?,61?,62?,63?,64-,65-/m1/s1. The van der Waals surface area contributed by atoms with E-state index in [0.29, 0.717) is 31.6 Å². The predicted octanol–water partition coefficient (Wildman–Crippen LogP) is 19.3. The van der Waals surface area contributed by atoms with Crippen LogP contribution in [-0.2, 0) is 65.4 Å². The number of unbranched alkanes of at least 4 members (excludes halogenated alkanes) is 29. The summed E-state index contributed by atoms with van der Waals surface area (Å²) < 4.78 is 68.2. The molecule has 0 heterocycles. The first-order chi connectivity index (χ1) is 42.2. The van der Waals surface area contributed by atoms with Gasteiger partial charge in [0.15, 0.2) is 12.2 Å². The van der Waals surface area contributed by atoms with E-state index in [9.17, 15) is 43.2 Å². The number of phosphoric ester groups is 2. The van der Waals surface area contributed by atoms with E-state index in [-0.39, 0.29) is 25.7 Å². The molecule has 8 atom stereocenters. The Morgan fingerprint density at radius 3 is 0.807 bits per heavy atom. The molecule has 0 aliphatic rings. The third-order valence-electron chi connectivity index (χ3n) is 16.9. The smallest absolute Gasteiger partial charge is 0.462 e. The Balaban J connectivity index is 5.19. The van der Waals surface area contributed by atoms with Crippen LogP contribution in [0, 0.1) is 23.7 Å². The minimum Gasteiger partial charge on any atom is -0.462 e. The predicted molar refractivity (Wildman–Crippen MR) is 354 cm³/mol. The Kier molecular flexibility index (Phi) is 57.6. The zero-order valence-corrected chi connectivity index (χ0v) is 59.1. The average molecular weight is 1300 g/mol. The number of hydrogen-bond acceptors (Lipinski definition) is 15. The highest BCUT2D eigenvalue weighted by molar-refractivity contribution is 7.47. The molecule has 0 rings (SSSR count). The normalized spacial score (nSPS) is 15.2. The Morgan fingerprint density at radius 2 is 0.545 bits per heavy atom. The van der Waals surface area contributed by atoms with E-state index in [4.69, 9.17) is 37.0 Å². The van der Waals surface area contributed by atoms with Crippen LogP contribution in [0.2, 0.25) is 0 Å². The van der Waals surface area contributed by atoms with E-state index in [1.54, 1.807) is 0 Å². The van der Waals surface area contributed by atoms with Crippen molar-refractivity contribution in [1.82, 2.24) is 0 Å². The number of phosphoric acid groups is 2. The maximum Gasteiger partial charge on any atom is 0.472 e. The van der Waals surface area contributed by atoms with Crippen LogP contribution < -0.4 is 0 Å². The molecule has 0 bridgehead atoms. The maximum absolute atomic E-state index is 13.0. The molecule has 0 saturated heterocycles. The molecular formula is C69H134O17P2. The summed E-state index contributed by atoms with van der Waals surface area (Å²) in [6.07, 6.45) is 40.5. The number of rotatable bonds is 66. The van der Waals surface area contributed by atoms with Crippen LogP contribution in [0.3, 0.4) is 0 Å². The number of ether oxygens (including phenoxy) is 4. The number of aliphatic hydroxyl groups is 1. The van der Waals surface area contributed by atoms with E-state index < -0.39 is 97.5 Å². The number of carbonyl (C=O) groups is 4. The van der Waals surface area contributed by atoms with Crippen molar-refractivity contribution in [2.75, 3.05) is 39.6 Å². The van der Waals surface area contributed by atoms with Crippen molar-refractivity contribution in [2.24, 2.45) is 23.7 Å². The first-order valence-corrected chi connectivity index (χ1v) is 38.8. The first-order valence-electron chi connectivity index (χ1n) is 35.8. The van der Waals surface area contributed by atoms with Gasteiger partial charge in [0.05, 0.1) is 26.4 Å². The fourth-order valence-electron chi connectivity index (χ4n) is 10.2. The summed E-state index contributed by atoms with van der Waals surface area (Å²) in [6, 6.07) is 0. The van der Waals surface area contributed by atoms with Crippen LogP contribution in [0.15, 0.2) is 0 Å². The number of carbonyl (C=O) groups excluding carboxylic acids is 4. The van der Waals surface area contributed by atoms with Gasteiger partial charge in [-0.1, -0.05) is 287 Å². The Bertz CT molecular complexity index is 1750. The van der Waals surface area contributed by atoms with Crippen molar-refractivity contribution in [3.63, 3.8) is 0 Å². The van der Waals surface area contributed by atoms with Crippen LogP contribution in [0.25, 0.3) is 0 Å². The lowest BCUT2D eigenvalue weighted by molar-refractivity contribution is -0.161. The van der Waals surface area contributed by atoms with E-state index >= 15 is 0 Å². The molecule has 88 heavy (non-hydrogen) atoms. The van der Waals surface area contributed by atoms with Crippen LogP contribution in [0.1, 0.15) is 338 Å². The molecule has 6 unspecified atom stereocenters. The number of esters is 4. The molecule has 0 aromatic rings. The molecule has 3 N–H and O–H groups in total. The summed E-state index contributed by atoms with van der Waals surface area (Å²) in [5.74, 6) is 0.858. The van der Waals surface area contributed by atoms with Gasteiger partial charge < -0.3 is 33.8 Å². The molecule has 0 saturated carbocycles. The molecule has 0 radical (unpaired) electrons. The van der Waals surface area contributed by atoms with E-state index in [1.807, 2.05) is 0 Å². The zero-order chi connectivity index (χ0) is 65.4.